The summed E-state index contributed by atoms with van der Waals surface area (Å²) in [5.74, 6) is -0.165. The van der Waals surface area contributed by atoms with E-state index in [1.807, 2.05) is 31.2 Å². The quantitative estimate of drug-likeness (QED) is 0.746. The molecule has 0 bridgehead atoms. The predicted octanol–water partition coefficient (Wildman–Crippen LogP) is 5.19. The molecule has 0 unspecified atom stereocenters. The van der Waals surface area contributed by atoms with Gasteiger partial charge in [0, 0.05) is 10.0 Å². The van der Waals surface area contributed by atoms with Crippen LogP contribution in [0.15, 0.2) is 52.4 Å². The van der Waals surface area contributed by atoms with Gasteiger partial charge in [-0.05, 0) is 60.2 Å². The van der Waals surface area contributed by atoms with E-state index in [1.54, 1.807) is 24.3 Å². The van der Waals surface area contributed by atoms with Crippen molar-refractivity contribution in [1.29, 1.82) is 0 Å². The summed E-state index contributed by atoms with van der Waals surface area (Å²) >= 11 is 13.2. The van der Waals surface area contributed by atoms with Crippen LogP contribution in [-0.4, -0.2) is 11.1 Å². The zero-order chi connectivity index (χ0) is 16.4. The lowest BCUT2D eigenvalue weighted by Crippen LogP contribution is -2.19. The Morgan fingerprint density at radius 2 is 1.87 bits per heavy atom. The van der Waals surface area contributed by atoms with Gasteiger partial charge in [-0.25, -0.2) is 4.99 Å². The van der Waals surface area contributed by atoms with Gasteiger partial charge in [0.25, 0.3) is 5.91 Å². The molecule has 0 spiro atoms. The summed E-state index contributed by atoms with van der Waals surface area (Å²) in [4.78, 5) is 17.0. The number of hydrogen-bond donors (Lipinski definition) is 1. The Morgan fingerprint density at radius 3 is 2.57 bits per heavy atom. The van der Waals surface area contributed by atoms with Crippen molar-refractivity contribution < 1.29 is 4.79 Å². The first-order valence-corrected chi connectivity index (χ1v) is 8.40. The third kappa shape index (κ3) is 3.96. The molecule has 0 aliphatic carbocycles. The van der Waals surface area contributed by atoms with E-state index in [-0.39, 0.29) is 5.91 Å². The number of halogens is 2. The monoisotopic (exact) mass is 362 g/mol. The highest BCUT2D eigenvalue weighted by Gasteiger charge is 2.23. The molecule has 1 heterocycles. The van der Waals surface area contributed by atoms with Crippen LogP contribution in [0.2, 0.25) is 10.0 Å². The second-order valence-corrected chi connectivity index (χ2v) is 6.84. The zero-order valence-electron chi connectivity index (χ0n) is 12.1. The second-order valence-electron chi connectivity index (χ2n) is 4.97. The minimum atomic E-state index is -0.165. The molecular weight excluding hydrogens is 351 g/mol. The second kappa shape index (κ2) is 6.79. The molecule has 1 amide bonds. The predicted molar refractivity (Wildman–Crippen MR) is 98.4 cm³/mol. The van der Waals surface area contributed by atoms with Crippen molar-refractivity contribution in [2.75, 3.05) is 0 Å². The van der Waals surface area contributed by atoms with E-state index in [0.29, 0.717) is 25.8 Å². The Morgan fingerprint density at radius 1 is 1.13 bits per heavy atom. The number of benzene rings is 2. The number of thioether (sulfide) groups is 1. The number of amides is 1. The average Bonchev–Trinajstić information content (AvgIpc) is 2.85. The maximum Gasteiger partial charge on any atom is 0.264 e. The number of nitrogens with one attached hydrogen (secondary N) is 1. The van der Waals surface area contributed by atoms with Gasteiger partial charge in [-0.3, -0.25) is 4.79 Å². The summed E-state index contributed by atoms with van der Waals surface area (Å²) in [6.07, 6.45) is 1.81. The van der Waals surface area contributed by atoms with Gasteiger partial charge in [-0.2, -0.15) is 0 Å². The molecule has 1 N–H and O–H groups in total. The Kier molecular flexibility index (Phi) is 4.76. The van der Waals surface area contributed by atoms with Crippen LogP contribution in [0.3, 0.4) is 0 Å². The van der Waals surface area contributed by atoms with Gasteiger partial charge in [0.2, 0.25) is 0 Å². The van der Waals surface area contributed by atoms with Crippen LogP contribution >= 0.6 is 35.0 Å². The molecule has 3 nitrogen and oxygen atoms in total. The molecule has 1 saturated heterocycles. The van der Waals surface area contributed by atoms with E-state index in [2.05, 4.69) is 10.3 Å². The lowest BCUT2D eigenvalue weighted by molar-refractivity contribution is -0.115. The summed E-state index contributed by atoms with van der Waals surface area (Å²) in [5.41, 5.74) is 2.60. The van der Waals surface area contributed by atoms with E-state index in [9.17, 15) is 4.79 Å². The third-order valence-corrected chi connectivity index (χ3v) is 4.77. The normalized spacial score (nSPS) is 17.8. The van der Waals surface area contributed by atoms with Crippen LogP contribution in [0.4, 0.5) is 5.69 Å². The highest BCUT2D eigenvalue weighted by molar-refractivity contribution is 8.18. The highest BCUT2D eigenvalue weighted by Crippen LogP contribution is 2.29. The minimum Gasteiger partial charge on any atom is -0.300 e. The van der Waals surface area contributed by atoms with E-state index >= 15 is 0 Å². The Hall–Kier alpha value is -1.75. The number of aliphatic imine (C=N–C) groups is 1. The number of carbonyl (C=O) groups is 1. The Bertz CT molecular complexity index is 829. The van der Waals surface area contributed by atoms with Crippen molar-refractivity contribution in [2.45, 2.75) is 6.92 Å². The molecule has 1 aliphatic heterocycles. The van der Waals surface area contributed by atoms with Crippen molar-refractivity contribution in [1.82, 2.24) is 5.32 Å². The molecule has 1 fully saturated rings. The first kappa shape index (κ1) is 16.1. The van der Waals surface area contributed by atoms with Crippen LogP contribution in [-0.2, 0) is 4.79 Å². The average molecular weight is 363 g/mol. The number of nitrogens with zero attached hydrogens (tertiary/aromatic N) is 1. The largest absolute Gasteiger partial charge is 0.300 e. The van der Waals surface area contributed by atoms with Crippen LogP contribution in [0.1, 0.15) is 11.1 Å². The van der Waals surface area contributed by atoms with Crippen LogP contribution in [0.5, 0.6) is 0 Å². The highest BCUT2D eigenvalue weighted by atomic mass is 35.5. The lowest BCUT2D eigenvalue weighted by atomic mass is 10.2. The van der Waals surface area contributed by atoms with Crippen molar-refractivity contribution >= 4 is 57.8 Å². The summed E-state index contributed by atoms with van der Waals surface area (Å²) in [6, 6.07) is 12.8. The fourth-order valence-corrected chi connectivity index (χ4v) is 3.10. The van der Waals surface area contributed by atoms with Gasteiger partial charge in [0.05, 0.1) is 10.6 Å². The Labute approximate surface area is 148 Å². The van der Waals surface area contributed by atoms with E-state index in [0.717, 1.165) is 11.1 Å². The summed E-state index contributed by atoms with van der Waals surface area (Å²) in [5, 5.41) is 4.60. The third-order valence-electron chi connectivity index (χ3n) is 3.20. The molecule has 23 heavy (non-hydrogen) atoms. The summed E-state index contributed by atoms with van der Waals surface area (Å²) in [7, 11) is 0. The smallest absolute Gasteiger partial charge is 0.264 e. The number of amidine groups is 1. The van der Waals surface area contributed by atoms with Crippen LogP contribution < -0.4 is 5.32 Å². The zero-order valence-corrected chi connectivity index (χ0v) is 14.5. The molecule has 0 atom stereocenters. The van der Waals surface area contributed by atoms with Crippen molar-refractivity contribution in [3.8, 4) is 0 Å². The number of rotatable bonds is 2. The first-order chi connectivity index (χ1) is 11.0. The number of hydrogen-bond acceptors (Lipinski definition) is 3. The molecule has 2 aromatic rings. The number of aryl methyl sites for hydroxylation is 1. The fourth-order valence-electron chi connectivity index (χ4n) is 1.96. The van der Waals surface area contributed by atoms with Gasteiger partial charge in [-0.15, -0.1) is 0 Å². The van der Waals surface area contributed by atoms with Gasteiger partial charge in [0.1, 0.15) is 0 Å². The molecule has 0 aromatic heterocycles. The van der Waals surface area contributed by atoms with Gasteiger partial charge in [-0.1, -0.05) is 41.4 Å². The topological polar surface area (TPSA) is 41.5 Å². The van der Waals surface area contributed by atoms with Crippen LogP contribution in [0.25, 0.3) is 6.08 Å². The lowest BCUT2D eigenvalue weighted by Gasteiger charge is -2.00. The van der Waals surface area contributed by atoms with E-state index < -0.39 is 0 Å². The van der Waals surface area contributed by atoms with E-state index in [1.165, 1.54) is 11.8 Å². The minimum absolute atomic E-state index is 0.165. The van der Waals surface area contributed by atoms with Crippen molar-refractivity contribution in [2.24, 2.45) is 4.99 Å². The van der Waals surface area contributed by atoms with Gasteiger partial charge < -0.3 is 5.32 Å². The molecule has 2 aromatic carbocycles. The maximum absolute atomic E-state index is 12.0. The first-order valence-electron chi connectivity index (χ1n) is 6.82. The number of carbonyl (C=O) groups excluding carboxylic acids is 1. The maximum atomic E-state index is 12.0. The summed E-state index contributed by atoms with van der Waals surface area (Å²) < 4.78 is 0. The van der Waals surface area contributed by atoms with Crippen molar-refractivity contribution in [3.63, 3.8) is 0 Å². The van der Waals surface area contributed by atoms with Gasteiger partial charge >= 0.3 is 0 Å². The van der Waals surface area contributed by atoms with Crippen LogP contribution in [0, 0.1) is 6.92 Å². The standard InChI is InChI=1S/C17H12Cl2N2OS/c1-10-2-7-13(9-14(10)19)20-17-21-16(22)15(23-17)8-11-3-5-12(18)6-4-11/h2-9H,1H3,(H,20,21,22)/b15-8-. The van der Waals surface area contributed by atoms with Crippen molar-refractivity contribution in [3.05, 3.63) is 68.5 Å². The molecule has 3 rings (SSSR count). The molecule has 0 radical (unpaired) electrons. The molecule has 0 saturated carbocycles. The Balaban J connectivity index is 1.82. The van der Waals surface area contributed by atoms with E-state index in [4.69, 9.17) is 23.2 Å². The summed E-state index contributed by atoms with van der Waals surface area (Å²) in [6.45, 7) is 1.93. The molecular formula is C17H12Cl2N2OS. The fraction of sp³-hybridized carbons (Fsp3) is 0.0588. The molecule has 1 aliphatic rings. The SMILES string of the molecule is Cc1ccc(N=C2NC(=O)/C(=C/c3ccc(Cl)cc3)S2)cc1Cl. The molecule has 6 heteroatoms. The molecule has 116 valence electrons. The van der Waals surface area contributed by atoms with Gasteiger partial charge in [0.15, 0.2) is 5.17 Å².